The second kappa shape index (κ2) is 6.08. The zero-order valence-electron chi connectivity index (χ0n) is 10.0. The van der Waals surface area contributed by atoms with Crippen LogP contribution in [0.3, 0.4) is 0 Å². The molecule has 1 aliphatic heterocycles. The summed E-state index contributed by atoms with van der Waals surface area (Å²) in [5, 5.41) is 6.29. The number of rotatable bonds is 4. The fourth-order valence-electron chi connectivity index (χ4n) is 2.01. The molecule has 0 radical (unpaired) electrons. The van der Waals surface area contributed by atoms with Crippen LogP contribution in [0.2, 0.25) is 0 Å². The number of amides is 1. The number of carbonyl (C=O) groups excluding carboxylic acids is 1. The van der Waals surface area contributed by atoms with Crippen molar-refractivity contribution in [2.24, 2.45) is 0 Å². The molecule has 15 heavy (non-hydrogen) atoms. The summed E-state index contributed by atoms with van der Waals surface area (Å²) in [5.74, 6) is 0.157. The van der Waals surface area contributed by atoms with Crippen molar-refractivity contribution in [3.63, 3.8) is 0 Å². The lowest BCUT2D eigenvalue weighted by molar-refractivity contribution is -0.124. The quantitative estimate of drug-likeness (QED) is 0.701. The first-order valence-electron chi connectivity index (χ1n) is 5.78. The maximum absolute atomic E-state index is 11.8. The van der Waals surface area contributed by atoms with Gasteiger partial charge in [-0.2, -0.15) is 0 Å². The fourth-order valence-corrected chi connectivity index (χ4v) is 2.01. The van der Waals surface area contributed by atoms with E-state index < -0.39 is 0 Å². The van der Waals surface area contributed by atoms with Crippen LogP contribution in [0.1, 0.15) is 26.2 Å². The molecule has 1 heterocycles. The lowest BCUT2D eigenvalue weighted by atomic mass is 10.0. The first-order chi connectivity index (χ1) is 7.09. The van der Waals surface area contributed by atoms with Crippen LogP contribution in [0.15, 0.2) is 0 Å². The molecule has 0 aromatic rings. The molecule has 4 nitrogen and oxygen atoms in total. The van der Waals surface area contributed by atoms with E-state index in [1.807, 2.05) is 21.0 Å². The predicted octanol–water partition coefficient (Wildman–Crippen LogP) is 0.195. The smallest absolute Gasteiger partial charge is 0.237 e. The second-order valence-corrected chi connectivity index (χ2v) is 4.67. The summed E-state index contributed by atoms with van der Waals surface area (Å²) in [5.41, 5.74) is 0. The monoisotopic (exact) mass is 213 g/mol. The van der Waals surface area contributed by atoms with Crippen LogP contribution >= 0.6 is 0 Å². The number of piperidine rings is 1. The van der Waals surface area contributed by atoms with Crippen LogP contribution in [0, 0.1) is 0 Å². The van der Waals surface area contributed by atoms with Gasteiger partial charge in [-0.3, -0.25) is 4.79 Å². The highest BCUT2D eigenvalue weighted by Gasteiger charge is 2.21. The molecule has 0 bridgehead atoms. The van der Waals surface area contributed by atoms with E-state index >= 15 is 0 Å². The fraction of sp³-hybridized carbons (Fsp3) is 0.909. The third-order valence-electron chi connectivity index (χ3n) is 2.65. The molecule has 1 rings (SSSR count). The normalized spacial score (nSPS) is 23.9. The molecular weight excluding hydrogens is 190 g/mol. The van der Waals surface area contributed by atoms with E-state index in [1.54, 1.807) is 0 Å². The topological polar surface area (TPSA) is 44.4 Å². The molecule has 2 atom stereocenters. The number of carbonyl (C=O) groups is 1. The van der Waals surface area contributed by atoms with Crippen LogP contribution in [-0.2, 0) is 4.79 Å². The molecule has 1 saturated heterocycles. The van der Waals surface area contributed by atoms with E-state index in [4.69, 9.17) is 0 Å². The molecule has 1 aliphatic rings. The molecular formula is C11H23N3O. The van der Waals surface area contributed by atoms with Gasteiger partial charge in [0.1, 0.15) is 0 Å². The number of nitrogens with zero attached hydrogens (tertiary/aromatic N) is 1. The minimum absolute atomic E-state index is 0.0309. The minimum atomic E-state index is 0.0309. The number of hydrogen-bond acceptors (Lipinski definition) is 3. The Balaban J connectivity index is 2.27. The summed E-state index contributed by atoms with van der Waals surface area (Å²) in [6.07, 6.45) is 3.32. The van der Waals surface area contributed by atoms with Crippen LogP contribution in [-0.4, -0.2) is 50.1 Å². The van der Waals surface area contributed by atoms with E-state index in [9.17, 15) is 4.79 Å². The molecule has 88 valence electrons. The average molecular weight is 213 g/mol. The molecule has 1 fully saturated rings. The Morgan fingerprint density at radius 2 is 2.27 bits per heavy atom. The molecule has 0 spiro atoms. The van der Waals surface area contributed by atoms with E-state index in [2.05, 4.69) is 15.5 Å². The Morgan fingerprint density at radius 1 is 1.53 bits per heavy atom. The van der Waals surface area contributed by atoms with Crippen LogP contribution < -0.4 is 10.6 Å². The van der Waals surface area contributed by atoms with Crippen LogP contribution in [0.4, 0.5) is 0 Å². The predicted molar refractivity (Wildman–Crippen MR) is 61.8 cm³/mol. The summed E-state index contributed by atoms with van der Waals surface area (Å²) in [6.45, 7) is 3.90. The van der Waals surface area contributed by atoms with Gasteiger partial charge in [0.15, 0.2) is 0 Å². The molecule has 4 heteroatoms. The van der Waals surface area contributed by atoms with Gasteiger partial charge in [-0.25, -0.2) is 0 Å². The Kier molecular flexibility index (Phi) is 5.05. The minimum Gasteiger partial charge on any atom is -0.351 e. The zero-order chi connectivity index (χ0) is 11.3. The molecule has 0 aliphatic carbocycles. The molecule has 0 aromatic heterocycles. The van der Waals surface area contributed by atoms with Crippen molar-refractivity contribution in [1.29, 1.82) is 0 Å². The zero-order valence-corrected chi connectivity index (χ0v) is 10.0. The standard InChI is InChI=1S/C11H23N3O/c1-9(8-14(2)3)13-11(15)10-6-4-5-7-12-10/h9-10,12H,4-8H2,1-3H3,(H,13,15)/t9?,10-/m1/s1. The average Bonchev–Trinajstić information content (AvgIpc) is 2.17. The van der Waals surface area contributed by atoms with Gasteiger partial charge >= 0.3 is 0 Å². The summed E-state index contributed by atoms with van der Waals surface area (Å²) >= 11 is 0. The highest BCUT2D eigenvalue weighted by atomic mass is 16.2. The van der Waals surface area contributed by atoms with Gasteiger partial charge in [0.05, 0.1) is 6.04 Å². The molecule has 0 aromatic carbocycles. The van der Waals surface area contributed by atoms with Crippen molar-refractivity contribution in [2.75, 3.05) is 27.2 Å². The lowest BCUT2D eigenvalue weighted by Gasteiger charge is -2.25. The van der Waals surface area contributed by atoms with Crippen molar-refractivity contribution >= 4 is 5.91 Å². The maximum Gasteiger partial charge on any atom is 0.237 e. The summed E-state index contributed by atoms with van der Waals surface area (Å²) in [7, 11) is 4.03. The molecule has 0 saturated carbocycles. The van der Waals surface area contributed by atoms with Crippen LogP contribution in [0.5, 0.6) is 0 Å². The molecule has 1 unspecified atom stereocenters. The number of nitrogens with one attached hydrogen (secondary N) is 2. The molecule has 1 amide bonds. The van der Waals surface area contributed by atoms with Gasteiger partial charge in [-0.15, -0.1) is 0 Å². The highest BCUT2D eigenvalue weighted by Crippen LogP contribution is 2.06. The van der Waals surface area contributed by atoms with Gasteiger partial charge < -0.3 is 15.5 Å². The van der Waals surface area contributed by atoms with Crippen molar-refractivity contribution < 1.29 is 4.79 Å². The molecule has 2 N–H and O–H groups in total. The largest absolute Gasteiger partial charge is 0.351 e. The first kappa shape index (κ1) is 12.5. The number of hydrogen-bond donors (Lipinski definition) is 2. The lowest BCUT2D eigenvalue weighted by Crippen LogP contribution is -2.50. The Hall–Kier alpha value is -0.610. The van der Waals surface area contributed by atoms with E-state index in [0.717, 1.165) is 25.9 Å². The van der Waals surface area contributed by atoms with E-state index in [-0.39, 0.29) is 18.0 Å². The van der Waals surface area contributed by atoms with E-state index in [0.29, 0.717) is 0 Å². The second-order valence-electron chi connectivity index (χ2n) is 4.67. The van der Waals surface area contributed by atoms with Crippen molar-refractivity contribution in [2.45, 2.75) is 38.3 Å². The van der Waals surface area contributed by atoms with Crippen molar-refractivity contribution in [3.05, 3.63) is 0 Å². The Bertz CT molecular complexity index is 200. The van der Waals surface area contributed by atoms with Crippen LogP contribution in [0.25, 0.3) is 0 Å². The van der Waals surface area contributed by atoms with Crippen molar-refractivity contribution in [1.82, 2.24) is 15.5 Å². The first-order valence-corrected chi connectivity index (χ1v) is 5.78. The SMILES string of the molecule is CC(CN(C)C)NC(=O)[C@H]1CCCCN1. The third kappa shape index (κ3) is 4.62. The summed E-state index contributed by atoms with van der Waals surface area (Å²) in [4.78, 5) is 13.9. The van der Waals surface area contributed by atoms with Gasteiger partial charge in [-0.1, -0.05) is 6.42 Å². The third-order valence-corrected chi connectivity index (χ3v) is 2.65. The Labute approximate surface area is 92.4 Å². The summed E-state index contributed by atoms with van der Waals surface area (Å²) in [6, 6.07) is 0.250. The van der Waals surface area contributed by atoms with Gasteiger partial charge in [0.25, 0.3) is 0 Å². The van der Waals surface area contributed by atoms with E-state index in [1.165, 1.54) is 6.42 Å². The van der Waals surface area contributed by atoms with Crippen molar-refractivity contribution in [3.8, 4) is 0 Å². The van der Waals surface area contributed by atoms with Gasteiger partial charge in [0, 0.05) is 12.6 Å². The van der Waals surface area contributed by atoms with Gasteiger partial charge in [0.2, 0.25) is 5.91 Å². The Morgan fingerprint density at radius 3 is 2.80 bits per heavy atom. The highest BCUT2D eigenvalue weighted by molar-refractivity contribution is 5.82. The summed E-state index contributed by atoms with van der Waals surface area (Å²) < 4.78 is 0. The van der Waals surface area contributed by atoms with Gasteiger partial charge in [-0.05, 0) is 40.4 Å². The number of likely N-dealkylation sites (N-methyl/N-ethyl adjacent to an activating group) is 1. The maximum atomic E-state index is 11.8.